The number of aliphatic hydroxyl groups excluding tert-OH is 2. The van der Waals surface area contributed by atoms with Crippen LogP contribution in [0.5, 0.6) is 5.75 Å². The minimum absolute atomic E-state index is 0.437. The Hall–Kier alpha value is -1.10. The van der Waals surface area contributed by atoms with E-state index in [0.29, 0.717) is 5.75 Å². The zero-order valence-electron chi connectivity index (χ0n) is 8.63. The van der Waals surface area contributed by atoms with Crippen molar-refractivity contribution in [2.24, 2.45) is 0 Å². The highest BCUT2D eigenvalue weighted by molar-refractivity contribution is 5.27. The molecular formula is C11H16O4. The lowest BCUT2D eigenvalue weighted by atomic mass is 10.2. The van der Waals surface area contributed by atoms with Gasteiger partial charge < -0.3 is 20.1 Å². The van der Waals surface area contributed by atoms with E-state index in [1.54, 1.807) is 12.1 Å². The molecule has 0 spiro atoms. The molecule has 1 atom stereocenters. The largest absolute Gasteiger partial charge is 0.483 e. The van der Waals surface area contributed by atoms with Crippen LogP contribution < -0.4 is 4.74 Å². The molecule has 0 aliphatic carbocycles. The van der Waals surface area contributed by atoms with Crippen LogP contribution in [0.3, 0.4) is 0 Å². The monoisotopic (exact) mass is 212 g/mol. The molecule has 1 rings (SSSR count). The maximum Gasteiger partial charge on any atom is 0.191 e. The Morgan fingerprint density at radius 3 is 2.20 bits per heavy atom. The lowest BCUT2D eigenvalue weighted by Gasteiger charge is -2.18. The van der Waals surface area contributed by atoms with Gasteiger partial charge in [0.05, 0.1) is 6.61 Å². The quantitative estimate of drug-likeness (QED) is 0.614. The van der Waals surface area contributed by atoms with Gasteiger partial charge in [0.2, 0.25) is 0 Å². The lowest BCUT2D eigenvalue weighted by molar-refractivity contribution is -0.124. The van der Waals surface area contributed by atoms with Gasteiger partial charge in [0.1, 0.15) is 5.75 Å². The first-order valence-electron chi connectivity index (χ1n) is 4.90. The standard InChI is InChI=1S/C11H16O4/c1-2-8-3-5-9(6-4-8)15-10(7-12)11(13)14/h3-6,10-14H,2,7H2,1H3. The van der Waals surface area contributed by atoms with E-state index in [0.717, 1.165) is 6.42 Å². The van der Waals surface area contributed by atoms with Crippen LogP contribution in [0.4, 0.5) is 0 Å². The average molecular weight is 212 g/mol. The van der Waals surface area contributed by atoms with Crippen molar-refractivity contribution in [2.75, 3.05) is 6.61 Å². The van der Waals surface area contributed by atoms with Gasteiger partial charge in [-0.25, -0.2) is 0 Å². The van der Waals surface area contributed by atoms with E-state index in [1.807, 2.05) is 19.1 Å². The van der Waals surface area contributed by atoms with Crippen LogP contribution in [-0.2, 0) is 6.42 Å². The van der Waals surface area contributed by atoms with Gasteiger partial charge in [-0.1, -0.05) is 19.1 Å². The molecule has 0 radical (unpaired) electrons. The predicted octanol–water partition coefficient (Wildman–Crippen LogP) is 0.299. The van der Waals surface area contributed by atoms with Crippen LogP contribution in [0, 0.1) is 0 Å². The number of aliphatic hydroxyl groups is 3. The van der Waals surface area contributed by atoms with Crippen molar-refractivity contribution in [1.82, 2.24) is 0 Å². The second-order valence-corrected chi connectivity index (χ2v) is 3.25. The van der Waals surface area contributed by atoms with Gasteiger partial charge >= 0.3 is 0 Å². The number of ether oxygens (including phenoxy) is 1. The normalized spacial score (nSPS) is 12.9. The topological polar surface area (TPSA) is 69.9 Å². The van der Waals surface area contributed by atoms with E-state index in [9.17, 15) is 0 Å². The highest BCUT2D eigenvalue weighted by Crippen LogP contribution is 2.14. The van der Waals surface area contributed by atoms with Crippen molar-refractivity contribution < 1.29 is 20.1 Å². The molecule has 0 heterocycles. The molecule has 0 aliphatic heterocycles. The van der Waals surface area contributed by atoms with Crippen LogP contribution in [0.15, 0.2) is 24.3 Å². The van der Waals surface area contributed by atoms with E-state index in [2.05, 4.69) is 0 Å². The van der Waals surface area contributed by atoms with E-state index >= 15 is 0 Å². The third kappa shape index (κ3) is 3.51. The lowest BCUT2D eigenvalue weighted by Crippen LogP contribution is -2.34. The second-order valence-electron chi connectivity index (χ2n) is 3.25. The summed E-state index contributed by atoms with van der Waals surface area (Å²) in [6, 6.07) is 7.27. The van der Waals surface area contributed by atoms with Crippen LogP contribution in [0.1, 0.15) is 12.5 Å². The summed E-state index contributed by atoms with van der Waals surface area (Å²) in [5, 5.41) is 26.5. The number of hydrogen-bond acceptors (Lipinski definition) is 4. The molecule has 0 bridgehead atoms. The Morgan fingerprint density at radius 1 is 1.20 bits per heavy atom. The fourth-order valence-electron chi connectivity index (χ4n) is 1.17. The smallest absolute Gasteiger partial charge is 0.191 e. The predicted molar refractivity (Wildman–Crippen MR) is 55.5 cm³/mol. The Kier molecular flexibility index (Phi) is 4.55. The van der Waals surface area contributed by atoms with Gasteiger partial charge in [-0.2, -0.15) is 0 Å². The van der Waals surface area contributed by atoms with E-state index in [4.69, 9.17) is 20.1 Å². The molecular weight excluding hydrogens is 196 g/mol. The first-order valence-corrected chi connectivity index (χ1v) is 4.90. The van der Waals surface area contributed by atoms with E-state index in [1.165, 1.54) is 5.56 Å². The zero-order valence-corrected chi connectivity index (χ0v) is 8.63. The number of aryl methyl sites for hydroxylation is 1. The van der Waals surface area contributed by atoms with Crippen molar-refractivity contribution in [3.8, 4) is 5.75 Å². The molecule has 0 saturated heterocycles. The van der Waals surface area contributed by atoms with Gasteiger partial charge in [0, 0.05) is 0 Å². The number of rotatable bonds is 5. The minimum Gasteiger partial charge on any atom is -0.483 e. The molecule has 4 heteroatoms. The van der Waals surface area contributed by atoms with Gasteiger partial charge in [-0.05, 0) is 24.1 Å². The summed E-state index contributed by atoms with van der Waals surface area (Å²) in [7, 11) is 0. The SMILES string of the molecule is CCc1ccc(OC(CO)C(O)O)cc1. The fourth-order valence-corrected chi connectivity index (χ4v) is 1.17. The highest BCUT2D eigenvalue weighted by atomic mass is 16.6. The van der Waals surface area contributed by atoms with Crippen LogP contribution in [0.25, 0.3) is 0 Å². The van der Waals surface area contributed by atoms with Crippen molar-refractivity contribution >= 4 is 0 Å². The second kappa shape index (κ2) is 5.70. The molecule has 0 aromatic heterocycles. The Morgan fingerprint density at radius 2 is 1.80 bits per heavy atom. The number of hydrogen-bond donors (Lipinski definition) is 3. The van der Waals surface area contributed by atoms with E-state index < -0.39 is 19.0 Å². The van der Waals surface area contributed by atoms with E-state index in [-0.39, 0.29) is 0 Å². The maximum atomic E-state index is 8.84. The summed E-state index contributed by atoms with van der Waals surface area (Å²) < 4.78 is 5.17. The highest BCUT2D eigenvalue weighted by Gasteiger charge is 2.17. The van der Waals surface area contributed by atoms with Crippen molar-refractivity contribution in [3.63, 3.8) is 0 Å². The third-order valence-corrected chi connectivity index (χ3v) is 2.13. The van der Waals surface area contributed by atoms with Crippen molar-refractivity contribution in [1.29, 1.82) is 0 Å². The van der Waals surface area contributed by atoms with Gasteiger partial charge in [0.25, 0.3) is 0 Å². The Bertz CT molecular complexity index is 281. The number of benzene rings is 1. The summed E-state index contributed by atoms with van der Waals surface area (Å²) >= 11 is 0. The first-order chi connectivity index (χ1) is 7.17. The molecule has 0 amide bonds. The molecule has 1 unspecified atom stereocenters. The Labute approximate surface area is 88.8 Å². The minimum atomic E-state index is -1.68. The van der Waals surface area contributed by atoms with Gasteiger partial charge in [-0.3, -0.25) is 0 Å². The average Bonchev–Trinajstić information content (AvgIpc) is 2.26. The molecule has 1 aromatic rings. The molecule has 0 fully saturated rings. The van der Waals surface area contributed by atoms with Crippen molar-refractivity contribution in [2.45, 2.75) is 25.7 Å². The van der Waals surface area contributed by atoms with Crippen molar-refractivity contribution in [3.05, 3.63) is 29.8 Å². The maximum absolute atomic E-state index is 8.84. The molecule has 3 N–H and O–H groups in total. The zero-order chi connectivity index (χ0) is 11.3. The Balaban J connectivity index is 2.63. The molecule has 84 valence electrons. The summed E-state index contributed by atoms with van der Waals surface area (Å²) in [6.07, 6.45) is -1.75. The van der Waals surface area contributed by atoms with Crippen LogP contribution in [0.2, 0.25) is 0 Å². The molecule has 0 aliphatic rings. The first kappa shape index (κ1) is 12.0. The molecule has 0 saturated carbocycles. The summed E-state index contributed by atoms with van der Waals surface area (Å²) in [4.78, 5) is 0. The fraction of sp³-hybridized carbons (Fsp3) is 0.455. The molecule has 4 nitrogen and oxygen atoms in total. The van der Waals surface area contributed by atoms with Gasteiger partial charge in [0.15, 0.2) is 12.4 Å². The van der Waals surface area contributed by atoms with Crippen LogP contribution in [-0.4, -0.2) is 34.3 Å². The summed E-state index contributed by atoms with van der Waals surface area (Å²) in [5.41, 5.74) is 1.17. The van der Waals surface area contributed by atoms with Gasteiger partial charge in [-0.15, -0.1) is 0 Å². The molecule has 1 aromatic carbocycles. The summed E-state index contributed by atoms with van der Waals surface area (Å²) in [5.74, 6) is 0.513. The summed E-state index contributed by atoms with van der Waals surface area (Å²) in [6.45, 7) is 1.61. The van der Waals surface area contributed by atoms with Crippen LogP contribution >= 0.6 is 0 Å². The molecule has 15 heavy (non-hydrogen) atoms. The third-order valence-electron chi connectivity index (χ3n) is 2.13.